The van der Waals surface area contributed by atoms with Gasteiger partial charge >= 0.3 is 0 Å². The Morgan fingerprint density at radius 3 is 2.94 bits per heavy atom. The van der Waals surface area contributed by atoms with E-state index >= 15 is 0 Å². The van der Waals surface area contributed by atoms with Crippen molar-refractivity contribution in [2.75, 3.05) is 11.1 Å². The smallest absolute Gasteiger partial charge is 0.145 e. The van der Waals surface area contributed by atoms with Gasteiger partial charge in [0.15, 0.2) is 0 Å². The molecule has 88 valence electrons. The lowest BCUT2D eigenvalue weighted by molar-refractivity contribution is 0.585. The van der Waals surface area contributed by atoms with E-state index < -0.39 is 0 Å². The molecule has 0 radical (unpaired) electrons. The normalized spacial score (nSPS) is 17.1. The highest BCUT2D eigenvalue weighted by Crippen LogP contribution is 2.35. The van der Waals surface area contributed by atoms with E-state index in [4.69, 9.17) is 17.3 Å². The Balaban J connectivity index is 1.99. The van der Waals surface area contributed by atoms with Crippen molar-refractivity contribution in [2.45, 2.75) is 38.6 Å². The summed E-state index contributed by atoms with van der Waals surface area (Å²) < 4.78 is 0. The van der Waals surface area contributed by atoms with Crippen molar-refractivity contribution in [3.63, 3.8) is 0 Å². The lowest BCUT2D eigenvalue weighted by atomic mass is 10.1. The quantitative estimate of drug-likeness (QED) is 0.829. The standard InChI is InChI=1S/C12H18ClN3/c1-2-10(5-8-3-4-8)16-12-11(13)6-9(14)7-15-12/h6-8,10H,2-5,14H2,1H3,(H,15,16). The molecule has 16 heavy (non-hydrogen) atoms. The van der Waals surface area contributed by atoms with Crippen LogP contribution >= 0.6 is 11.6 Å². The second kappa shape index (κ2) is 4.91. The Kier molecular flexibility index (Phi) is 3.54. The van der Waals surface area contributed by atoms with Gasteiger partial charge in [0.05, 0.1) is 16.9 Å². The highest BCUT2D eigenvalue weighted by Gasteiger charge is 2.25. The van der Waals surface area contributed by atoms with E-state index in [2.05, 4.69) is 17.2 Å². The number of nitrogens with two attached hydrogens (primary N) is 1. The summed E-state index contributed by atoms with van der Waals surface area (Å²) in [5.74, 6) is 1.66. The maximum atomic E-state index is 6.08. The largest absolute Gasteiger partial charge is 0.397 e. The molecule has 0 aliphatic heterocycles. The molecular formula is C12H18ClN3. The molecule has 1 fully saturated rings. The highest BCUT2D eigenvalue weighted by molar-refractivity contribution is 6.33. The van der Waals surface area contributed by atoms with Gasteiger partial charge in [-0.1, -0.05) is 31.4 Å². The first-order valence-corrected chi connectivity index (χ1v) is 6.24. The van der Waals surface area contributed by atoms with Gasteiger partial charge in [-0.3, -0.25) is 0 Å². The molecule has 1 atom stereocenters. The number of hydrogen-bond donors (Lipinski definition) is 2. The number of anilines is 2. The topological polar surface area (TPSA) is 50.9 Å². The average Bonchev–Trinajstić information content (AvgIpc) is 3.04. The Bertz CT molecular complexity index is 363. The van der Waals surface area contributed by atoms with Crippen LogP contribution in [0.5, 0.6) is 0 Å². The van der Waals surface area contributed by atoms with Crippen molar-refractivity contribution in [3.05, 3.63) is 17.3 Å². The van der Waals surface area contributed by atoms with Gasteiger partial charge < -0.3 is 11.1 Å². The van der Waals surface area contributed by atoms with E-state index in [0.717, 1.165) is 18.2 Å². The predicted molar refractivity (Wildman–Crippen MR) is 68.7 cm³/mol. The average molecular weight is 240 g/mol. The summed E-state index contributed by atoms with van der Waals surface area (Å²) in [6.45, 7) is 2.19. The van der Waals surface area contributed by atoms with Gasteiger partial charge in [-0.25, -0.2) is 4.98 Å². The summed E-state index contributed by atoms with van der Waals surface area (Å²) in [4.78, 5) is 4.23. The van der Waals surface area contributed by atoms with Gasteiger partial charge in [0.1, 0.15) is 5.82 Å². The Hall–Kier alpha value is -0.960. The van der Waals surface area contributed by atoms with E-state index in [1.807, 2.05) is 0 Å². The van der Waals surface area contributed by atoms with Crippen molar-refractivity contribution in [2.24, 2.45) is 5.92 Å². The number of aromatic nitrogens is 1. The maximum Gasteiger partial charge on any atom is 0.145 e. The summed E-state index contributed by atoms with van der Waals surface area (Å²) in [7, 11) is 0. The van der Waals surface area contributed by atoms with Crippen molar-refractivity contribution in [1.29, 1.82) is 0 Å². The molecule has 3 N–H and O–H groups in total. The van der Waals surface area contributed by atoms with Crippen LogP contribution in [-0.2, 0) is 0 Å². The van der Waals surface area contributed by atoms with Crippen LogP contribution in [0.1, 0.15) is 32.6 Å². The second-order valence-corrected chi connectivity index (χ2v) is 4.93. The monoisotopic (exact) mass is 239 g/mol. The molecule has 4 heteroatoms. The summed E-state index contributed by atoms with van der Waals surface area (Å²) in [5, 5.41) is 4.00. The Morgan fingerprint density at radius 2 is 2.38 bits per heavy atom. The number of nitrogens with zero attached hydrogens (tertiary/aromatic N) is 1. The van der Waals surface area contributed by atoms with Gasteiger partial charge in [-0.05, 0) is 24.8 Å². The number of hydrogen-bond acceptors (Lipinski definition) is 3. The van der Waals surface area contributed by atoms with Gasteiger partial charge in [-0.2, -0.15) is 0 Å². The van der Waals surface area contributed by atoms with Gasteiger partial charge in [0.2, 0.25) is 0 Å². The van der Waals surface area contributed by atoms with Crippen LogP contribution in [0.2, 0.25) is 5.02 Å². The van der Waals surface area contributed by atoms with Crippen LogP contribution in [0, 0.1) is 5.92 Å². The van der Waals surface area contributed by atoms with E-state index in [9.17, 15) is 0 Å². The molecule has 0 bridgehead atoms. The van der Waals surface area contributed by atoms with Crippen LogP contribution in [0.4, 0.5) is 11.5 Å². The van der Waals surface area contributed by atoms with Crippen molar-refractivity contribution in [1.82, 2.24) is 4.98 Å². The first kappa shape index (κ1) is 11.5. The predicted octanol–water partition coefficient (Wildman–Crippen LogP) is 3.31. The summed E-state index contributed by atoms with van der Waals surface area (Å²) in [6, 6.07) is 2.21. The van der Waals surface area contributed by atoms with Gasteiger partial charge in [-0.15, -0.1) is 0 Å². The van der Waals surface area contributed by atoms with E-state index in [0.29, 0.717) is 16.8 Å². The summed E-state index contributed by atoms with van der Waals surface area (Å²) in [6.07, 6.45) is 6.71. The zero-order chi connectivity index (χ0) is 11.5. The fourth-order valence-electron chi connectivity index (χ4n) is 1.84. The number of pyridine rings is 1. The minimum Gasteiger partial charge on any atom is -0.397 e. The molecule has 1 unspecified atom stereocenters. The molecule has 2 rings (SSSR count). The summed E-state index contributed by atoms with van der Waals surface area (Å²) >= 11 is 6.08. The number of rotatable bonds is 5. The molecule has 0 amide bonds. The molecule has 1 aromatic rings. The van der Waals surface area contributed by atoms with E-state index in [-0.39, 0.29) is 0 Å². The van der Waals surface area contributed by atoms with Crippen molar-refractivity contribution < 1.29 is 0 Å². The fourth-order valence-corrected chi connectivity index (χ4v) is 2.07. The first-order chi connectivity index (χ1) is 7.69. The molecule has 1 aliphatic carbocycles. The van der Waals surface area contributed by atoms with Gasteiger partial charge in [0, 0.05) is 6.04 Å². The fraction of sp³-hybridized carbons (Fsp3) is 0.583. The third kappa shape index (κ3) is 3.01. The SMILES string of the molecule is CCC(CC1CC1)Nc1ncc(N)cc1Cl. The lowest BCUT2D eigenvalue weighted by Gasteiger charge is -2.18. The summed E-state index contributed by atoms with van der Waals surface area (Å²) in [5.41, 5.74) is 6.21. The Morgan fingerprint density at radius 1 is 1.62 bits per heavy atom. The molecule has 1 aromatic heterocycles. The second-order valence-electron chi connectivity index (χ2n) is 4.53. The Labute approximate surface area is 101 Å². The molecule has 0 aromatic carbocycles. The number of halogens is 1. The third-order valence-electron chi connectivity index (χ3n) is 3.01. The minimum absolute atomic E-state index is 0.473. The van der Waals surface area contributed by atoms with Crippen LogP contribution < -0.4 is 11.1 Å². The number of nitrogens with one attached hydrogen (secondary N) is 1. The van der Waals surface area contributed by atoms with Crippen LogP contribution in [0.3, 0.4) is 0 Å². The molecule has 0 spiro atoms. The maximum absolute atomic E-state index is 6.08. The molecule has 3 nitrogen and oxygen atoms in total. The van der Waals surface area contributed by atoms with E-state index in [1.54, 1.807) is 12.3 Å². The third-order valence-corrected chi connectivity index (χ3v) is 3.30. The lowest BCUT2D eigenvalue weighted by Crippen LogP contribution is -2.20. The number of nitrogen functional groups attached to an aromatic ring is 1. The molecule has 1 aliphatic rings. The minimum atomic E-state index is 0.473. The van der Waals surface area contributed by atoms with Crippen molar-refractivity contribution >= 4 is 23.1 Å². The van der Waals surface area contributed by atoms with Gasteiger partial charge in [0.25, 0.3) is 0 Å². The molecule has 1 saturated carbocycles. The van der Waals surface area contributed by atoms with Crippen LogP contribution in [-0.4, -0.2) is 11.0 Å². The molecule has 0 saturated heterocycles. The molecular weight excluding hydrogens is 222 g/mol. The zero-order valence-electron chi connectivity index (χ0n) is 9.54. The highest BCUT2D eigenvalue weighted by atomic mass is 35.5. The zero-order valence-corrected chi connectivity index (χ0v) is 10.3. The van der Waals surface area contributed by atoms with Crippen molar-refractivity contribution in [3.8, 4) is 0 Å². The van der Waals surface area contributed by atoms with E-state index in [1.165, 1.54) is 19.3 Å². The van der Waals surface area contributed by atoms with Crippen LogP contribution in [0.15, 0.2) is 12.3 Å². The first-order valence-electron chi connectivity index (χ1n) is 5.86. The van der Waals surface area contributed by atoms with Crippen LogP contribution in [0.25, 0.3) is 0 Å². The molecule has 1 heterocycles.